The largest absolute Gasteiger partial charge is 0.450 e. The second-order valence-electron chi connectivity index (χ2n) is 2.63. The lowest BCUT2D eigenvalue weighted by Gasteiger charge is -2.06. The van der Waals surface area contributed by atoms with E-state index in [1.165, 1.54) is 0 Å². The van der Waals surface area contributed by atoms with Gasteiger partial charge in [0.1, 0.15) is 0 Å². The Morgan fingerprint density at radius 3 is 2.75 bits per heavy atom. The maximum Gasteiger partial charge on any atom is 0.218 e. The van der Waals surface area contributed by atoms with Crippen molar-refractivity contribution in [2.24, 2.45) is 0 Å². The van der Waals surface area contributed by atoms with Gasteiger partial charge in [0, 0.05) is 18.4 Å². The maximum atomic E-state index is 5.23. The van der Waals surface area contributed by atoms with Crippen LogP contribution >= 0.6 is 0 Å². The van der Waals surface area contributed by atoms with Gasteiger partial charge < -0.3 is 9.47 Å². The van der Waals surface area contributed by atoms with E-state index in [0.29, 0.717) is 5.88 Å². The van der Waals surface area contributed by atoms with Gasteiger partial charge in [0.15, 0.2) is 6.79 Å². The molecule has 0 saturated heterocycles. The fourth-order valence-corrected chi connectivity index (χ4v) is 0.863. The highest BCUT2D eigenvalue weighted by molar-refractivity contribution is 5.26. The smallest absolute Gasteiger partial charge is 0.218 e. The third-order valence-electron chi connectivity index (χ3n) is 1.50. The molecular formula is C9H13NO2. The van der Waals surface area contributed by atoms with Gasteiger partial charge >= 0.3 is 0 Å². The van der Waals surface area contributed by atoms with Crippen molar-refractivity contribution in [3.63, 3.8) is 0 Å². The first kappa shape index (κ1) is 9.00. The van der Waals surface area contributed by atoms with E-state index in [9.17, 15) is 0 Å². The summed E-state index contributed by atoms with van der Waals surface area (Å²) < 4.78 is 10.0. The van der Waals surface area contributed by atoms with Crippen molar-refractivity contribution in [3.8, 4) is 5.88 Å². The molecule has 1 heterocycles. The SMILES string of the molecule is COCOc1nc(C)ccc1C. The summed E-state index contributed by atoms with van der Waals surface area (Å²) in [4.78, 5) is 4.21. The van der Waals surface area contributed by atoms with Crippen molar-refractivity contribution in [1.82, 2.24) is 4.98 Å². The lowest BCUT2D eigenvalue weighted by Crippen LogP contribution is -2.02. The van der Waals surface area contributed by atoms with Crippen LogP contribution in [0.5, 0.6) is 5.88 Å². The molecule has 1 rings (SSSR count). The molecule has 3 heteroatoms. The quantitative estimate of drug-likeness (QED) is 0.642. The van der Waals surface area contributed by atoms with E-state index >= 15 is 0 Å². The van der Waals surface area contributed by atoms with Crippen LogP contribution in [0, 0.1) is 13.8 Å². The number of hydrogen-bond acceptors (Lipinski definition) is 3. The molecular weight excluding hydrogens is 154 g/mol. The van der Waals surface area contributed by atoms with E-state index in [-0.39, 0.29) is 6.79 Å². The van der Waals surface area contributed by atoms with Gasteiger partial charge in [0.2, 0.25) is 5.88 Å². The van der Waals surface area contributed by atoms with Crippen LogP contribution in [0.15, 0.2) is 12.1 Å². The summed E-state index contributed by atoms with van der Waals surface area (Å²) in [5, 5.41) is 0. The Morgan fingerprint density at radius 1 is 1.33 bits per heavy atom. The lowest BCUT2D eigenvalue weighted by molar-refractivity contribution is 0.0472. The maximum absolute atomic E-state index is 5.23. The molecule has 0 unspecified atom stereocenters. The van der Waals surface area contributed by atoms with Crippen LogP contribution in [-0.2, 0) is 4.74 Å². The summed E-state index contributed by atoms with van der Waals surface area (Å²) in [7, 11) is 1.59. The van der Waals surface area contributed by atoms with Crippen molar-refractivity contribution in [2.75, 3.05) is 13.9 Å². The number of pyridine rings is 1. The second kappa shape index (κ2) is 4.07. The second-order valence-corrected chi connectivity index (χ2v) is 2.63. The molecule has 0 spiro atoms. The summed E-state index contributed by atoms with van der Waals surface area (Å²) in [6, 6.07) is 3.93. The summed E-state index contributed by atoms with van der Waals surface area (Å²) >= 11 is 0. The number of methoxy groups -OCH3 is 1. The zero-order valence-corrected chi connectivity index (χ0v) is 7.63. The first-order valence-corrected chi connectivity index (χ1v) is 3.80. The summed E-state index contributed by atoms with van der Waals surface area (Å²) in [5.41, 5.74) is 1.98. The van der Waals surface area contributed by atoms with Crippen LogP contribution in [0.25, 0.3) is 0 Å². The number of hydrogen-bond donors (Lipinski definition) is 0. The van der Waals surface area contributed by atoms with Gasteiger partial charge in [-0.2, -0.15) is 0 Å². The van der Waals surface area contributed by atoms with Crippen LogP contribution < -0.4 is 4.74 Å². The highest BCUT2D eigenvalue weighted by Gasteiger charge is 1.99. The molecule has 0 aliphatic rings. The topological polar surface area (TPSA) is 31.4 Å². The van der Waals surface area contributed by atoms with E-state index in [0.717, 1.165) is 11.3 Å². The zero-order chi connectivity index (χ0) is 8.97. The fraction of sp³-hybridized carbons (Fsp3) is 0.444. The molecule has 0 amide bonds. The molecule has 0 fully saturated rings. The Balaban J connectivity index is 2.75. The van der Waals surface area contributed by atoms with E-state index in [1.54, 1.807) is 7.11 Å². The molecule has 0 bridgehead atoms. The molecule has 12 heavy (non-hydrogen) atoms. The van der Waals surface area contributed by atoms with Crippen molar-refractivity contribution >= 4 is 0 Å². The Morgan fingerprint density at radius 2 is 2.08 bits per heavy atom. The minimum absolute atomic E-state index is 0.247. The minimum Gasteiger partial charge on any atom is -0.450 e. The van der Waals surface area contributed by atoms with Crippen LogP contribution in [0.4, 0.5) is 0 Å². The van der Waals surface area contributed by atoms with Crippen LogP contribution in [0.2, 0.25) is 0 Å². The highest BCUT2D eigenvalue weighted by Crippen LogP contribution is 2.13. The molecule has 0 aliphatic heterocycles. The van der Waals surface area contributed by atoms with Crippen LogP contribution in [-0.4, -0.2) is 18.9 Å². The monoisotopic (exact) mass is 167 g/mol. The number of ether oxygens (including phenoxy) is 2. The highest BCUT2D eigenvalue weighted by atomic mass is 16.7. The molecule has 1 aromatic rings. The predicted octanol–water partition coefficient (Wildman–Crippen LogP) is 1.68. The van der Waals surface area contributed by atoms with E-state index in [2.05, 4.69) is 4.98 Å². The third-order valence-corrected chi connectivity index (χ3v) is 1.50. The van der Waals surface area contributed by atoms with Crippen LogP contribution in [0.1, 0.15) is 11.3 Å². The Labute approximate surface area is 72.3 Å². The van der Waals surface area contributed by atoms with Gasteiger partial charge in [-0.3, -0.25) is 0 Å². The number of aromatic nitrogens is 1. The molecule has 66 valence electrons. The van der Waals surface area contributed by atoms with Crippen molar-refractivity contribution in [3.05, 3.63) is 23.4 Å². The number of aryl methyl sites for hydroxylation is 2. The average Bonchev–Trinajstić information content (AvgIpc) is 2.07. The van der Waals surface area contributed by atoms with Gasteiger partial charge in [-0.25, -0.2) is 4.98 Å². The third kappa shape index (κ3) is 2.20. The Kier molecular flexibility index (Phi) is 3.05. The molecule has 3 nitrogen and oxygen atoms in total. The van der Waals surface area contributed by atoms with Crippen molar-refractivity contribution in [2.45, 2.75) is 13.8 Å². The Bertz CT molecular complexity index is 261. The molecule has 0 saturated carbocycles. The van der Waals surface area contributed by atoms with E-state index < -0.39 is 0 Å². The molecule has 0 radical (unpaired) electrons. The number of rotatable bonds is 3. The summed E-state index contributed by atoms with van der Waals surface area (Å²) in [6.07, 6.45) is 0. The molecule has 1 aromatic heterocycles. The van der Waals surface area contributed by atoms with Gasteiger partial charge in [-0.1, -0.05) is 6.07 Å². The Hall–Kier alpha value is -1.09. The minimum atomic E-state index is 0.247. The van der Waals surface area contributed by atoms with Gasteiger partial charge in [-0.15, -0.1) is 0 Å². The fourth-order valence-electron chi connectivity index (χ4n) is 0.863. The lowest BCUT2D eigenvalue weighted by atomic mass is 10.3. The molecule has 0 atom stereocenters. The van der Waals surface area contributed by atoms with Gasteiger partial charge in [-0.05, 0) is 19.9 Å². The first-order valence-electron chi connectivity index (χ1n) is 3.80. The summed E-state index contributed by atoms with van der Waals surface area (Å²) in [5.74, 6) is 0.650. The predicted molar refractivity (Wildman–Crippen MR) is 46.2 cm³/mol. The van der Waals surface area contributed by atoms with E-state index in [1.807, 2.05) is 26.0 Å². The molecule has 0 aromatic carbocycles. The molecule has 0 aliphatic carbocycles. The van der Waals surface area contributed by atoms with Gasteiger partial charge in [0.25, 0.3) is 0 Å². The van der Waals surface area contributed by atoms with Gasteiger partial charge in [0.05, 0.1) is 0 Å². The first-order chi connectivity index (χ1) is 5.74. The van der Waals surface area contributed by atoms with E-state index in [4.69, 9.17) is 9.47 Å². The van der Waals surface area contributed by atoms with Crippen LogP contribution in [0.3, 0.4) is 0 Å². The molecule has 0 N–H and O–H groups in total. The standard InChI is InChI=1S/C9H13NO2/c1-7-4-5-8(2)10-9(7)12-6-11-3/h4-5H,6H2,1-3H3. The zero-order valence-electron chi connectivity index (χ0n) is 7.63. The van der Waals surface area contributed by atoms with Crippen molar-refractivity contribution in [1.29, 1.82) is 0 Å². The normalized spacial score (nSPS) is 9.92. The average molecular weight is 167 g/mol. The van der Waals surface area contributed by atoms with Crippen molar-refractivity contribution < 1.29 is 9.47 Å². The number of nitrogens with zero attached hydrogens (tertiary/aromatic N) is 1. The summed E-state index contributed by atoms with van der Waals surface area (Å²) in [6.45, 7) is 4.13.